The van der Waals surface area contributed by atoms with Gasteiger partial charge in [0.05, 0.1) is 10.6 Å². The van der Waals surface area contributed by atoms with E-state index in [1.165, 1.54) is 12.1 Å². The summed E-state index contributed by atoms with van der Waals surface area (Å²) in [5.41, 5.74) is 1.75. The SMILES string of the molecule is CC(C)NC(=O)c1ccc(CC(C)NC(=O)c2cccc(O)c2)cc1Cl. The zero-order chi connectivity index (χ0) is 19.3. The molecule has 0 saturated carbocycles. The second-order valence-electron chi connectivity index (χ2n) is 6.57. The highest BCUT2D eigenvalue weighted by atomic mass is 35.5. The van der Waals surface area contributed by atoms with Crippen molar-refractivity contribution in [2.45, 2.75) is 39.3 Å². The minimum Gasteiger partial charge on any atom is -0.508 e. The van der Waals surface area contributed by atoms with Crippen LogP contribution in [0.25, 0.3) is 0 Å². The smallest absolute Gasteiger partial charge is 0.252 e. The first-order chi connectivity index (χ1) is 12.3. The second kappa shape index (κ2) is 8.72. The molecule has 2 aromatic carbocycles. The van der Waals surface area contributed by atoms with E-state index in [1.807, 2.05) is 26.8 Å². The normalized spacial score (nSPS) is 11.9. The number of rotatable bonds is 6. The number of phenolic OH excluding ortho intramolecular Hbond substituents is 1. The molecule has 2 amide bonds. The first-order valence-corrected chi connectivity index (χ1v) is 8.83. The van der Waals surface area contributed by atoms with Crippen molar-refractivity contribution in [1.82, 2.24) is 10.6 Å². The topological polar surface area (TPSA) is 78.4 Å². The van der Waals surface area contributed by atoms with Gasteiger partial charge in [-0.3, -0.25) is 9.59 Å². The third kappa shape index (κ3) is 5.49. The molecule has 2 rings (SSSR count). The van der Waals surface area contributed by atoms with E-state index in [0.717, 1.165) is 5.56 Å². The zero-order valence-corrected chi connectivity index (χ0v) is 15.8. The van der Waals surface area contributed by atoms with Crippen LogP contribution in [-0.4, -0.2) is 29.0 Å². The van der Waals surface area contributed by atoms with Gasteiger partial charge in [0.25, 0.3) is 11.8 Å². The molecule has 0 bridgehead atoms. The van der Waals surface area contributed by atoms with Gasteiger partial charge in [-0.05, 0) is 63.1 Å². The van der Waals surface area contributed by atoms with Crippen LogP contribution in [0.1, 0.15) is 47.1 Å². The maximum Gasteiger partial charge on any atom is 0.252 e. The fourth-order valence-electron chi connectivity index (χ4n) is 2.57. The van der Waals surface area contributed by atoms with Crippen molar-refractivity contribution in [2.75, 3.05) is 0 Å². The summed E-state index contributed by atoms with van der Waals surface area (Å²) in [5, 5.41) is 15.5. The first-order valence-electron chi connectivity index (χ1n) is 8.45. The van der Waals surface area contributed by atoms with Crippen molar-refractivity contribution < 1.29 is 14.7 Å². The van der Waals surface area contributed by atoms with Crippen molar-refractivity contribution in [1.29, 1.82) is 0 Å². The maximum absolute atomic E-state index is 12.2. The number of halogens is 1. The van der Waals surface area contributed by atoms with Crippen LogP contribution in [-0.2, 0) is 6.42 Å². The van der Waals surface area contributed by atoms with Gasteiger partial charge in [-0.25, -0.2) is 0 Å². The van der Waals surface area contributed by atoms with Crippen LogP contribution < -0.4 is 10.6 Å². The Morgan fingerprint density at radius 1 is 1.04 bits per heavy atom. The van der Waals surface area contributed by atoms with Crippen LogP contribution in [0, 0.1) is 0 Å². The van der Waals surface area contributed by atoms with E-state index in [4.69, 9.17) is 11.6 Å². The molecule has 0 fully saturated rings. The van der Waals surface area contributed by atoms with Gasteiger partial charge in [0.2, 0.25) is 0 Å². The van der Waals surface area contributed by atoms with Crippen molar-refractivity contribution >= 4 is 23.4 Å². The van der Waals surface area contributed by atoms with Crippen LogP contribution in [0.4, 0.5) is 0 Å². The summed E-state index contributed by atoms with van der Waals surface area (Å²) in [4.78, 5) is 24.3. The molecule has 138 valence electrons. The molecule has 0 aliphatic heterocycles. The van der Waals surface area contributed by atoms with Gasteiger partial charge >= 0.3 is 0 Å². The largest absolute Gasteiger partial charge is 0.508 e. The fourth-order valence-corrected chi connectivity index (χ4v) is 2.86. The van der Waals surface area contributed by atoms with Crippen LogP contribution in [0.3, 0.4) is 0 Å². The lowest BCUT2D eigenvalue weighted by molar-refractivity contribution is 0.0933. The minimum absolute atomic E-state index is 0.0332. The monoisotopic (exact) mass is 374 g/mol. The molecule has 0 spiro atoms. The quantitative estimate of drug-likeness (QED) is 0.723. The van der Waals surface area contributed by atoms with Gasteiger partial charge in [-0.15, -0.1) is 0 Å². The third-order valence-corrected chi connectivity index (χ3v) is 4.04. The second-order valence-corrected chi connectivity index (χ2v) is 6.98. The van der Waals surface area contributed by atoms with Crippen molar-refractivity contribution in [3.05, 3.63) is 64.2 Å². The Morgan fingerprint density at radius 3 is 2.38 bits per heavy atom. The van der Waals surface area contributed by atoms with Gasteiger partial charge in [-0.2, -0.15) is 0 Å². The molecule has 1 atom stereocenters. The van der Waals surface area contributed by atoms with Crippen molar-refractivity contribution in [2.24, 2.45) is 0 Å². The summed E-state index contributed by atoms with van der Waals surface area (Å²) in [6.45, 7) is 5.65. The number of amides is 2. The Kier molecular flexibility index (Phi) is 6.64. The lowest BCUT2D eigenvalue weighted by Gasteiger charge is -2.15. The Bertz CT molecular complexity index is 805. The molecule has 1 unspecified atom stereocenters. The molecule has 0 aromatic heterocycles. The number of aromatic hydroxyl groups is 1. The van der Waals surface area contributed by atoms with Gasteiger partial charge < -0.3 is 15.7 Å². The lowest BCUT2D eigenvalue weighted by atomic mass is 10.0. The van der Waals surface area contributed by atoms with E-state index in [0.29, 0.717) is 22.6 Å². The number of carbonyl (C=O) groups excluding carboxylic acids is 2. The van der Waals surface area contributed by atoms with E-state index in [1.54, 1.807) is 24.3 Å². The average Bonchev–Trinajstić information content (AvgIpc) is 2.53. The van der Waals surface area contributed by atoms with E-state index in [9.17, 15) is 14.7 Å². The minimum atomic E-state index is -0.257. The highest BCUT2D eigenvalue weighted by Gasteiger charge is 2.14. The van der Waals surface area contributed by atoms with Crippen molar-refractivity contribution in [3.8, 4) is 5.75 Å². The van der Waals surface area contributed by atoms with E-state index >= 15 is 0 Å². The van der Waals surface area contributed by atoms with Gasteiger partial charge in [0, 0.05) is 17.6 Å². The van der Waals surface area contributed by atoms with Gasteiger partial charge in [0.15, 0.2) is 0 Å². The lowest BCUT2D eigenvalue weighted by Crippen LogP contribution is -2.34. The first kappa shape index (κ1) is 19.8. The van der Waals surface area contributed by atoms with Gasteiger partial charge in [0.1, 0.15) is 5.75 Å². The zero-order valence-electron chi connectivity index (χ0n) is 15.0. The molecule has 26 heavy (non-hydrogen) atoms. The summed E-state index contributed by atoms with van der Waals surface area (Å²) in [5.74, 6) is -0.415. The number of carbonyl (C=O) groups is 2. The van der Waals surface area contributed by atoms with Crippen LogP contribution in [0.15, 0.2) is 42.5 Å². The number of hydrogen-bond donors (Lipinski definition) is 3. The summed E-state index contributed by atoms with van der Waals surface area (Å²) in [6, 6.07) is 11.4. The standard InChI is InChI=1S/C20H23ClN2O3/c1-12(2)22-20(26)17-8-7-14(10-18(17)21)9-13(3)23-19(25)15-5-4-6-16(24)11-15/h4-8,10-13,24H,9H2,1-3H3,(H,22,26)(H,23,25). The predicted molar refractivity (Wildman–Crippen MR) is 103 cm³/mol. The molecule has 2 aromatic rings. The Labute approximate surface area is 158 Å². The highest BCUT2D eigenvalue weighted by molar-refractivity contribution is 6.33. The molecule has 0 heterocycles. The molecule has 6 heteroatoms. The Hall–Kier alpha value is -2.53. The van der Waals surface area contributed by atoms with Crippen molar-refractivity contribution in [3.63, 3.8) is 0 Å². The van der Waals surface area contributed by atoms with Crippen LogP contribution in [0.5, 0.6) is 5.75 Å². The maximum atomic E-state index is 12.2. The summed E-state index contributed by atoms with van der Waals surface area (Å²) in [6.07, 6.45) is 0.566. The number of nitrogens with one attached hydrogen (secondary N) is 2. The summed E-state index contributed by atoms with van der Waals surface area (Å²) < 4.78 is 0. The molecule has 0 radical (unpaired) electrons. The Balaban J connectivity index is 2.00. The van der Waals surface area contributed by atoms with Crippen LogP contribution >= 0.6 is 11.6 Å². The van der Waals surface area contributed by atoms with Crippen LogP contribution in [0.2, 0.25) is 5.02 Å². The number of phenols is 1. The van der Waals surface area contributed by atoms with Gasteiger partial charge in [-0.1, -0.05) is 23.7 Å². The fraction of sp³-hybridized carbons (Fsp3) is 0.300. The number of benzene rings is 2. The van der Waals surface area contributed by atoms with E-state index in [2.05, 4.69) is 10.6 Å². The molecule has 0 aliphatic rings. The molecule has 0 aliphatic carbocycles. The molecule has 0 saturated heterocycles. The molecular formula is C20H23ClN2O3. The summed E-state index contributed by atoms with van der Waals surface area (Å²) >= 11 is 6.23. The average molecular weight is 375 g/mol. The van der Waals surface area contributed by atoms with E-state index in [-0.39, 0.29) is 29.6 Å². The van der Waals surface area contributed by atoms with E-state index < -0.39 is 0 Å². The predicted octanol–water partition coefficient (Wildman–Crippen LogP) is 3.54. The third-order valence-electron chi connectivity index (χ3n) is 3.73. The summed E-state index contributed by atoms with van der Waals surface area (Å²) in [7, 11) is 0. The highest BCUT2D eigenvalue weighted by Crippen LogP contribution is 2.19. The molecular weight excluding hydrogens is 352 g/mol. The number of hydrogen-bond acceptors (Lipinski definition) is 3. The Morgan fingerprint density at radius 2 is 1.77 bits per heavy atom. The molecule has 5 nitrogen and oxygen atoms in total. The molecule has 3 N–H and O–H groups in total.